The Hall–Kier alpha value is -2.18. The lowest BCUT2D eigenvalue weighted by atomic mass is 10.3. The molecule has 2 rings (SSSR count). The van der Waals surface area contributed by atoms with E-state index in [2.05, 4.69) is 19.5 Å². The number of aromatic nitrogens is 3. The number of fused-ring (bicyclic) bond motifs is 1. The van der Waals surface area contributed by atoms with Crippen molar-refractivity contribution in [1.29, 1.82) is 0 Å². The molecular weight excluding hydrogens is 190 g/mol. The highest BCUT2D eigenvalue weighted by Crippen LogP contribution is 2.07. The molecule has 0 bridgehead atoms. The first kappa shape index (κ1) is 8.42. The van der Waals surface area contributed by atoms with E-state index in [4.69, 9.17) is 0 Å². The first-order valence-corrected chi connectivity index (χ1v) is 3.66. The van der Waals surface area contributed by atoms with E-state index in [1.165, 1.54) is 19.4 Å². The fourth-order valence-electron chi connectivity index (χ4n) is 1.000. The van der Waals surface area contributed by atoms with Crippen molar-refractivity contribution in [2.24, 2.45) is 0 Å². The van der Waals surface area contributed by atoms with Crippen molar-refractivity contribution in [1.82, 2.24) is 10.1 Å². The van der Waals surface area contributed by atoms with Gasteiger partial charge >= 0.3 is 11.6 Å². The number of esters is 1. The molecule has 0 radical (unpaired) electrons. The summed E-state index contributed by atoms with van der Waals surface area (Å²) in [7, 11) is 1.24. The fraction of sp³-hybridized carbons (Fsp3) is 0.143. The molecule has 2 heterocycles. The normalized spacial score (nSPS) is 10.4. The minimum absolute atomic E-state index is 0.0906. The number of ether oxygens (including phenoxy) is 1. The average Bonchev–Trinajstić information content (AvgIpc) is 2.59. The zero-order valence-corrected chi connectivity index (χ0v) is 7.13. The number of rotatable bonds is 1. The van der Waals surface area contributed by atoms with Gasteiger partial charge < -0.3 is 9.94 Å². The minimum atomic E-state index is -0.569. The molecule has 0 aliphatic heterocycles. The highest BCUT2D eigenvalue weighted by atomic mass is 16.8. The number of hydrogen-bond donors (Lipinski definition) is 0. The van der Waals surface area contributed by atoms with Crippen LogP contribution >= 0.6 is 0 Å². The Morgan fingerprint density at radius 2 is 2.50 bits per heavy atom. The molecule has 2 aromatic rings. The number of methoxy groups -OCH3 is 1. The largest absolute Gasteiger partial charge is 0.465 e. The van der Waals surface area contributed by atoms with Gasteiger partial charge in [-0.3, -0.25) is 4.63 Å². The number of carbonyl (C=O) groups excluding carboxylic acids is 1. The molecule has 0 aliphatic rings. The molecule has 0 aliphatic carbocycles. The molecule has 14 heavy (non-hydrogen) atoms. The van der Waals surface area contributed by atoms with Crippen molar-refractivity contribution >= 4 is 17.1 Å². The summed E-state index contributed by atoms with van der Waals surface area (Å²) in [6, 6.07) is 1.30. The molecule has 0 spiro atoms. The molecule has 7 heteroatoms. The zero-order chi connectivity index (χ0) is 10.1. The highest BCUT2D eigenvalue weighted by Gasteiger charge is 2.14. The van der Waals surface area contributed by atoms with E-state index in [1.54, 1.807) is 0 Å². The van der Waals surface area contributed by atoms with E-state index in [0.717, 1.165) is 0 Å². The van der Waals surface area contributed by atoms with Gasteiger partial charge in [-0.2, -0.15) is 0 Å². The predicted molar refractivity (Wildman–Crippen MR) is 42.1 cm³/mol. The summed E-state index contributed by atoms with van der Waals surface area (Å²) in [5.41, 5.74) is 0.411. The lowest BCUT2D eigenvalue weighted by Crippen LogP contribution is -2.22. The maximum Gasteiger partial charge on any atom is 0.340 e. The number of pyridine rings is 1. The van der Waals surface area contributed by atoms with Crippen molar-refractivity contribution in [3.8, 4) is 0 Å². The van der Waals surface area contributed by atoms with Crippen LogP contribution in [0.3, 0.4) is 0 Å². The number of nitrogens with zero attached hydrogens (tertiary/aromatic N) is 3. The quantitative estimate of drug-likeness (QED) is 0.455. The lowest BCUT2D eigenvalue weighted by Gasteiger charge is -1.95. The van der Waals surface area contributed by atoms with Crippen LogP contribution in [0.4, 0.5) is 0 Å². The fourth-order valence-corrected chi connectivity index (χ4v) is 1.000. The molecule has 72 valence electrons. The Bertz CT molecular complexity index is 493. The van der Waals surface area contributed by atoms with Crippen LogP contribution in [0.2, 0.25) is 0 Å². The summed E-state index contributed by atoms with van der Waals surface area (Å²) < 4.78 is 8.74. The average molecular weight is 195 g/mol. The third-order valence-corrected chi connectivity index (χ3v) is 1.67. The Morgan fingerprint density at radius 3 is 3.21 bits per heavy atom. The number of hydrogen-bond acceptors (Lipinski definition) is 6. The van der Waals surface area contributed by atoms with Crippen LogP contribution in [0.5, 0.6) is 0 Å². The predicted octanol–water partition coefficient (Wildman–Crippen LogP) is -0.357. The van der Waals surface area contributed by atoms with Crippen LogP contribution in [0, 0.1) is 5.21 Å². The second kappa shape index (κ2) is 2.95. The minimum Gasteiger partial charge on any atom is -0.465 e. The van der Waals surface area contributed by atoms with Crippen LogP contribution in [-0.2, 0) is 4.74 Å². The molecule has 0 fully saturated rings. The molecule has 0 saturated heterocycles. The van der Waals surface area contributed by atoms with Gasteiger partial charge in [0.05, 0.1) is 17.8 Å². The van der Waals surface area contributed by atoms with E-state index in [-0.39, 0.29) is 21.6 Å². The standard InChI is InChI=1S/C7H5N3O4/c1-13-7(11)4-2-5-6(8-3-4)9-14-10(5)12/h2-3H,1H3. The SMILES string of the molecule is COC(=O)c1cnc2no[n+]([O-])c2c1. The van der Waals surface area contributed by atoms with Gasteiger partial charge in [0.2, 0.25) is 5.52 Å². The van der Waals surface area contributed by atoms with Crippen molar-refractivity contribution in [2.45, 2.75) is 0 Å². The van der Waals surface area contributed by atoms with E-state index < -0.39 is 5.97 Å². The molecule has 0 atom stereocenters. The van der Waals surface area contributed by atoms with Crippen LogP contribution in [0.1, 0.15) is 10.4 Å². The molecule has 0 amide bonds. The van der Waals surface area contributed by atoms with Crippen LogP contribution < -0.4 is 4.90 Å². The first-order valence-electron chi connectivity index (χ1n) is 3.66. The second-order valence-electron chi connectivity index (χ2n) is 2.49. The van der Waals surface area contributed by atoms with E-state index in [1.807, 2.05) is 0 Å². The smallest absolute Gasteiger partial charge is 0.340 e. The Balaban J connectivity index is 2.60. The molecule has 7 nitrogen and oxygen atoms in total. The summed E-state index contributed by atoms with van der Waals surface area (Å²) in [5, 5.41) is 14.3. The monoisotopic (exact) mass is 195 g/mol. The van der Waals surface area contributed by atoms with Gasteiger partial charge in [0, 0.05) is 12.3 Å². The summed E-state index contributed by atoms with van der Waals surface area (Å²) in [6.07, 6.45) is 1.26. The summed E-state index contributed by atoms with van der Waals surface area (Å²) in [5.74, 6) is -0.569. The van der Waals surface area contributed by atoms with Crippen LogP contribution in [0.15, 0.2) is 16.9 Å². The van der Waals surface area contributed by atoms with Gasteiger partial charge in [0.25, 0.3) is 0 Å². The van der Waals surface area contributed by atoms with Gasteiger partial charge in [0.1, 0.15) is 0 Å². The lowest BCUT2D eigenvalue weighted by molar-refractivity contribution is -0.782. The van der Waals surface area contributed by atoms with Crippen LogP contribution in [-0.4, -0.2) is 23.2 Å². The van der Waals surface area contributed by atoms with Crippen molar-refractivity contribution in [2.75, 3.05) is 7.11 Å². The topological polar surface area (TPSA) is 92.2 Å². The molecule has 2 aromatic heterocycles. The highest BCUT2D eigenvalue weighted by molar-refractivity contribution is 5.91. The molecular formula is C7H5N3O4. The zero-order valence-electron chi connectivity index (χ0n) is 7.13. The maximum absolute atomic E-state index is 11.1. The van der Waals surface area contributed by atoms with Gasteiger partial charge in [-0.15, -0.1) is 0 Å². The van der Waals surface area contributed by atoms with Crippen molar-refractivity contribution in [3.05, 3.63) is 23.0 Å². The van der Waals surface area contributed by atoms with Gasteiger partial charge in [0.15, 0.2) is 0 Å². The van der Waals surface area contributed by atoms with Crippen LogP contribution in [0.25, 0.3) is 11.2 Å². The van der Waals surface area contributed by atoms with Crippen molar-refractivity contribution in [3.63, 3.8) is 0 Å². The summed E-state index contributed by atoms with van der Waals surface area (Å²) >= 11 is 0. The molecule has 0 saturated carbocycles. The van der Waals surface area contributed by atoms with E-state index in [0.29, 0.717) is 0 Å². The Morgan fingerprint density at radius 1 is 1.71 bits per heavy atom. The third-order valence-electron chi connectivity index (χ3n) is 1.67. The van der Waals surface area contributed by atoms with E-state index in [9.17, 15) is 10.0 Å². The van der Waals surface area contributed by atoms with Crippen molar-refractivity contribution < 1.29 is 19.1 Å². The molecule has 0 N–H and O–H groups in total. The Labute approximate surface area is 77.4 Å². The molecule has 0 aromatic carbocycles. The van der Waals surface area contributed by atoms with E-state index >= 15 is 0 Å². The third kappa shape index (κ3) is 1.15. The second-order valence-corrected chi connectivity index (χ2v) is 2.49. The summed E-state index contributed by atoms with van der Waals surface area (Å²) in [6.45, 7) is 0. The van der Waals surface area contributed by atoms with Gasteiger partial charge in [-0.05, 0) is 4.90 Å². The first-order chi connectivity index (χ1) is 6.72. The summed E-state index contributed by atoms with van der Waals surface area (Å²) in [4.78, 5) is 15.0. The molecule has 0 unspecified atom stereocenters. The Kier molecular flexibility index (Phi) is 1.77. The van der Waals surface area contributed by atoms with Gasteiger partial charge in [-0.1, -0.05) is 0 Å². The number of carbonyl (C=O) groups is 1. The van der Waals surface area contributed by atoms with Gasteiger partial charge in [-0.25, -0.2) is 9.78 Å². The maximum atomic E-state index is 11.1.